The quantitative estimate of drug-likeness (QED) is 0.351. The summed E-state index contributed by atoms with van der Waals surface area (Å²) in [5, 5.41) is 19.8. The van der Waals surface area contributed by atoms with E-state index in [1.165, 1.54) is 0 Å². The van der Waals surface area contributed by atoms with Gasteiger partial charge >= 0.3 is 0 Å². The van der Waals surface area contributed by atoms with Gasteiger partial charge in [-0.15, -0.1) is 13.2 Å². The number of rotatable bonds is 13. The van der Waals surface area contributed by atoms with Crippen molar-refractivity contribution in [3.8, 4) is 23.0 Å². The van der Waals surface area contributed by atoms with Crippen molar-refractivity contribution in [2.75, 3.05) is 13.2 Å². The number of aromatic hydroxyl groups is 2. The predicted octanol–water partition coefficient (Wildman–Crippen LogP) is 5.57. The molecule has 0 heterocycles. The molecule has 0 bridgehead atoms. The second-order valence-electron chi connectivity index (χ2n) is 6.66. The third kappa shape index (κ3) is 7.03. The average molecular weight is 383 g/mol. The minimum absolute atomic E-state index is 0.167. The molecule has 0 aliphatic heterocycles. The van der Waals surface area contributed by atoms with Crippen molar-refractivity contribution in [3.05, 3.63) is 72.8 Å². The highest BCUT2D eigenvalue weighted by Crippen LogP contribution is 2.29. The Balaban J connectivity index is 1.82. The van der Waals surface area contributed by atoms with Crippen molar-refractivity contribution >= 4 is 0 Å². The molecule has 150 valence electrons. The van der Waals surface area contributed by atoms with E-state index in [-0.39, 0.29) is 11.5 Å². The summed E-state index contributed by atoms with van der Waals surface area (Å²) in [6.45, 7) is 8.36. The van der Waals surface area contributed by atoms with E-state index in [4.69, 9.17) is 9.47 Å². The van der Waals surface area contributed by atoms with E-state index in [0.29, 0.717) is 24.7 Å². The fraction of sp³-hybridized carbons (Fsp3) is 0.333. The number of hydrogen-bond donors (Lipinski definition) is 2. The Morgan fingerprint density at radius 3 is 1.54 bits per heavy atom. The van der Waals surface area contributed by atoms with Gasteiger partial charge in [-0.3, -0.25) is 0 Å². The lowest BCUT2D eigenvalue weighted by Crippen LogP contribution is -1.98. The molecule has 4 nitrogen and oxygen atoms in total. The van der Waals surface area contributed by atoms with E-state index in [1.54, 1.807) is 24.3 Å². The van der Waals surface area contributed by atoms with Crippen molar-refractivity contribution in [3.63, 3.8) is 0 Å². The molecule has 0 fully saturated rings. The molecule has 28 heavy (non-hydrogen) atoms. The lowest BCUT2D eigenvalue weighted by Gasteiger charge is -2.10. The smallest absolute Gasteiger partial charge is 0.161 e. The molecule has 2 aromatic rings. The van der Waals surface area contributed by atoms with Crippen LogP contribution < -0.4 is 9.47 Å². The van der Waals surface area contributed by atoms with Crippen molar-refractivity contribution in [1.29, 1.82) is 0 Å². The summed E-state index contributed by atoms with van der Waals surface area (Å²) in [6, 6.07) is 11.1. The van der Waals surface area contributed by atoms with E-state index in [0.717, 1.165) is 49.7 Å². The van der Waals surface area contributed by atoms with Crippen LogP contribution in [0.4, 0.5) is 0 Å². The molecule has 0 aliphatic carbocycles. The van der Waals surface area contributed by atoms with Crippen LogP contribution in [0, 0.1) is 0 Å². The molecule has 0 atom stereocenters. The maximum Gasteiger partial charge on any atom is 0.161 e. The molecule has 0 spiro atoms. The van der Waals surface area contributed by atoms with Crippen molar-refractivity contribution in [2.24, 2.45) is 0 Å². The van der Waals surface area contributed by atoms with Crippen LogP contribution in [0.15, 0.2) is 61.7 Å². The highest BCUT2D eigenvalue weighted by Gasteiger charge is 2.06. The summed E-state index contributed by atoms with van der Waals surface area (Å²) in [7, 11) is 0. The van der Waals surface area contributed by atoms with Gasteiger partial charge in [0, 0.05) is 0 Å². The molecule has 2 rings (SSSR count). The van der Waals surface area contributed by atoms with Crippen LogP contribution in [-0.4, -0.2) is 23.4 Å². The van der Waals surface area contributed by atoms with Gasteiger partial charge in [0.15, 0.2) is 23.0 Å². The Labute approximate surface area is 167 Å². The van der Waals surface area contributed by atoms with Crippen LogP contribution >= 0.6 is 0 Å². The van der Waals surface area contributed by atoms with Crippen LogP contribution in [0.1, 0.15) is 36.8 Å². The Kier molecular flexibility index (Phi) is 8.99. The SMILES string of the molecule is C=CCCOc1cc(CCCCc2ccc(O)c(OCCC=C)c2)ccc1O. The molecule has 0 aliphatic rings. The highest BCUT2D eigenvalue weighted by atomic mass is 16.5. The lowest BCUT2D eigenvalue weighted by atomic mass is 10.0. The first-order valence-electron chi connectivity index (χ1n) is 9.75. The fourth-order valence-corrected chi connectivity index (χ4v) is 2.82. The molecule has 0 saturated heterocycles. The predicted molar refractivity (Wildman–Crippen MR) is 113 cm³/mol. The Hall–Kier alpha value is -2.88. The van der Waals surface area contributed by atoms with E-state index in [1.807, 2.05) is 24.3 Å². The summed E-state index contributed by atoms with van der Waals surface area (Å²) in [5.74, 6) is 1.39. The lowest BCUT2D eigenvalue weighted by molar-refractivity contribution is 0.305. The monoisotopic (exact) mass is 382 g/mol. The van der Waals surface area contributed by atoms with Crippen LogP contribution in [0.3, 0.4) is 0 Å². The van der Waals surface area contributed by atoms with Crippen molar-refractivity contribution in [1.82, 2.24) is 0 Å². The van der Waals surface area contributed by atoms with Gasteiger partial charge in [-0.2, -0.15) is 0 Å². The first-order valence-corrected chi connectivity index (χ1v) is 9.75. The number of unbranched alkanes of at least 4 members (excludes halogenated alkanes) is 1. The standard InChI is InChI=1S/C24H30O4/c1-3-5-15-27-23-17-19(11-13-21(23)25)9-7-8-10-20-12-14-22(26)24(18-20)28-16-6-4-2/h3-4,11-14,17-18,25-26H,1-2,5-10,15-16H2. The molecular formula is C24H30O4. The highest BCUT2D eigenvalue weighted by molar-refractivity contribution is 5.42. The largest absolute Gasteiger partial charge is 0.504 e. The number of aryl methyl sites for hydroxylation is 2. The van der Waals surface area contributed by atoms with Gasteiger partial charge < -0.3 is 19.7 Å². The summed E-state index contributed by atoms with van der Waals surface area (Å²) >= 11 is 0. The summed E-state index contributed by atoms with van der Waals surface area (Å²) in [6.07, 6.45) is 8.94. The van der Waals surface area contributed by atoms with Gasteiger partial charge in [-0.05, 0) is 73.9 Å². The molecule has 2 aromatic carbocycles. The first kappa shape index (κ1) is 21.4. The van der Waals surface area contributed by atoms with Gasteiger partial charge in [0.2, 0.25) is 0 Å². The molecule has 4 heteroatoms. The molecular weight excluding hydrogens is 352 g/mol. The fourth-order valence-electron chi connectivity index (χ4n) is 2.82. The van der Waals surface area contributed by atoms with Crippen LogP contribution in [-0.2, 0) is 12.8 Å². The van der Waals surface area contributed by atoms with E-state index in [9.17, 15) is 10.2 Å². The maximum atomic E-state index is 9.89. The zero-order chi connectivity index (χ0) is 20.2. The number of phenols is 2. The number of benzene rings is 2. The number of hydrogen-bond acceptors (Lipinski definition) is 4. The van der Waals surface area contributed by atoms with Crippen molar-refractivity contribution in [2.45, 2.75) is 38.5 Å². The normalized spacial score (nSPS) is 10.4. The Morgan fingerprint density at radius 2 is 1.14 bits per heavy atom. The molecule has 0 radical (unpaired) electrons. The topological polar surface area (TPSA) is 58.9 Å². The molecule has 0 amide bonds. The molecule has 0 aromatic heterocycles. The number of ether oxygens (including phenoxy) is 2. The Bertz CT molecular complexity index is 702. The third-order valence-corrected chi connectivity index (χ3v) is 4.39. The van der Waals surface area contributed by atoms with Gasteiger partial charge in [-0.25, -0.2) is 0 Å². The van der Waals surface area contributed by atoms with Crippen molar-refractivity contribution < 1.29 is 19.7 Å². The minimum Gasteiger partial charge on any atom is -0.504 e. The van der Waals surface area contributed by atoms with Crippen LogP contribution in [0.25, 0.3) is 0 Å². The van der Waals surface area contributed by atoms with Gasteiger partial charge in [0.1, 0.15) is 0 Å². The van der Waals surface area contributed by atoms with Gasteiger partial charge in [0.25, 0.3) is 0 Å². The summed E-state index contributed by atoms with van der Waals surface area (Å²) in [4.78, 5) is 0. The third-order valence-electron chi connectivity index (χ3n) is 4.39. The second-order valence-corrected chi connectivity index (χ2v) is 6.66. The molecule has 0 unspecified atom stereocenters. The van der Waals surface area contributed by atoms with Gasteiger partial charge in [-0.1, -0.05) is 24.3 Å². The van der Waals surface area contributed by atoms with E-state index in [2.05, 4.69) is 13.2 Å². The van der Waals surface area contributed by atoms with Gasteiger partial charge in [0.05, 0.1) is 13.2 Å². The minimum atomic E-state index is 0.167. The zero-order valence-electron chi connectivity index (χ0n) is 16.4. The average Bonchev–Trinajstić information content (AvgIpc) is 2.70. The zero-order valence-corrected chi connectivity index (χ0v) is 16.4. The van der Waals surface area contributed by atoms with E-state index < -0.39 is 0 Å². The van der Waals surface area contributed by atoms with Crippen LogP contribution in [0.2, 0.25) is 0 Å². The first-order chi connectivity index (χ1) is 13.6. The summed E-state index contributed by atoms with van der Waals surface area (Å²) in [5.41, 5.74) is 2.29. The van der Waals surface area contributed by atoms with E-state index >= 15 is 0 Å². The summed E-state index contributed by atoms with van der Waals surface area (Å²) < 4.78 is 11.2. The molecule has 0 saturated carbocycles. The second kappa shape index (κ2) is 11.8. The maximum absolute atomic E-state index is 9.89. The number of phenolic OH excluding ortho intramolecular Hbond substituents is 2. The van der Waals surface area contributed by atoms with Crippen LogP contribution in [0.5, 0.6) is 23.0 Å². The molecule has 2 N–H and O–H groups in total. The Morgan fingerprint density at radius 1 is 0.714 bits per heavy atom.